The first-order valence-corrected chi connectivity index (χ1v) is 6.72. The molecule has 1 aliphatic rings. The fraction of sp³-hybridized carbons (Fsp3) is 0.294. The first-order valence-electron chi connectivity index (χ1n) is 6.72. The maximum Gasteiger partial charge on any atom is 0.119 e. The number of hydrogen-bond donors (Lipinski definition) is 0. The van der Waals surface area contributed by atoms with Crippen LogP contribution in [0.5, 0.6) is 5.75 Å². The topological polar surface area (TPSA) is 18.5 Å². The molecule has 0 spiro atoms. The van der Waals surface area contributed by atoms with Gasteiger partial charge in [-0.2, -0.15) is 0 Å². The normalized spacial score (nSPS) is 17.8. The van der Waals surface area contributed by atoms with E-state index in [1.807, 2.05) is 12.1 Å². The molecule has 0 N–H and O–H groups in total. The predicted octanol–water partition coefficient (Wildman–Crippen LogP) is 3.69. The highest BCUT2D eigenvalue weighted by Gasteiger charge is 2.20. The molecule has 0 radical (unpaired) electrons. The summed E-state index contributed by atoms with van der Waals surface area (Å²) in [6, 6.07) is 16.6. The van der Waals surface area contributed by atoms with Gasteiger partial charge in [0, 0.05) is 0 Å². The van der Waals surface area contributed by atoms with E-state index >= 15 is 0 Å². The molecule has 0 saturated heterocycles. The Balaban J connectivity index is 1.71. The Kier molecular flexibility index (Phi) is 3.51. The van der Waals surface area contributed by atoms with Crippen LogP contribution < -0.4 is 4.74 Å². The number of rotatable bonds is 3. The highest BCUT2D eigenvalue weighted by atomic mass is 16.5. The van der Waals surface area contributed by atoms with E-state index in [1.54, 1.807) is 0 Å². The van der Waals surface area contributed by atoms with Crippen molar-refractivity contribution in [3.63, 3.8) is 0 Å². The van der Waals surface area contributed by atoms with Gasteiger partial charge < -0.3 is 9.47 Å². The molecule has 0 saturated carbocycles. The molecule has 0 fully saturated rings. The summed E-state index contributed by atoms with van der Waals surface area (Å²) in [4.78, 5) is 0. The van der Waals surface area contributed by atoms with Crippen LogP contribution in [-0.4, -0.2) is 13.2 Å². The van der Waals surface area contributed by atoms with Crippen LogP contribution in [0.25, 0.3) is 0 Å². The number of aryl methyl sites for hydroxylation is 1. The van der Waals surface area contributed by atoms with Crippen molar-refractivity contribution in [3.05, 3.63) is 65.2 Å². The van der Waals surface area contributed by atoms with Crippen molar-refractivity contribution in [1.82, 2.24) is 0 Å². The van der Waals surface area contributed by atoms with Gasteiger partial charge in [-0.05, 0) is 42.2 Å². The van der Waals surface area contributed by atoms with Gasteiger partial charge in [0.05, 0.1) is 6.61 Å². The summed E-state index contributed by atoms with van der Waals surface area (Å²) in [7, 11) is 0. The molecular weight excluding hydrogens is 236 g/mol. The maximum absolute atomic E-state index is 5.86. The minimum Gasteiger partial charge on any atom is -0.491 e. The fourth-order valence-corrected chi connectivity index (χ4v) is 2.49. The molecule has 1 unspecified atom stereocenters. The quantitative estimate of drug-likeness (QED) is 0.831. The summed E-state index contributed by atoms with van der Waals surface area (Å²) in [5, 5.41) is 0. The van der Waals surface area contributed by atoms with E-state index in [0.29, 0.717) is 6.61 Å². The van der Waals surface area contributed by atoms with Gasteiger partial charge in [-0.1, -0.05) is 36.4 Å². The van der Waals surface area contributed by atoms with E-state index in [0.717, 1.165) is 18.8 Å². The minimum atomic E-state index is 0.0467. The Morgan fingerprint density at radius 2 is 2.05 bits per heavy atom. The second-order valence-corrected chi connectivity index (χ2v) is 4.94. The smallest absolute Gasteiger partial charge is 0.119 e. The second-order valence-electron chi connectivity index (χ2n) is 4.94. The number of benzene rings is 2. The third kappa shape index (κ3) is 2.79. The van der Waals surface area contributed by atoms with Crippen LogP contribution in [0.15, 0.2) is 48.5 Å². The third-order valence-corrected chi connectivity index (χ3v) is 3.48. The molecule has 2 nitrogen and oxygen atoms in total. The van der Waals surface area contributed by atoms with Gasteiger partial charge >= 0.3 is 0 Å². The van der Waals surface area contributed by atoms with Crippen molar-refractivity contribution < 1.29 is 9.47 Å². The van der Waals surface area contributed by atoms with E-state index in [-0.39, 0.29) is 6.10 Å². The van der Waals surface area contributed by atoms with Crippen LogP contribution in [-0.2, 0) is 11.2 Å². The van der Waals surface area contributed by atoms with Crippen LogP contribution in [0.1, 0.15) is 22.8 Å². The van der Waals surface area contributed by atoms with Crippen LogP contribution in [0.3, 0.4) is 0 Å². The number of ether oxygens (including phenoxy) is 2. The molecule has 3 rings (SSSR count). The molecule has 0 bridgehead atoms. The number of fused-ring (bicyclic) bond motifs is 1. The monoisotopic (exact) mass is 254 g/mol. The Morgan fingerprint density at radius 3 is 2.95 bits per heavy atom. The lowest BCUT2D eigenvalue weighted by atomic mass is 9.98. The SMILES string of the molecule is Cc1cccc(OCC2OCCc3ccccc32)c1. The Morgan fingerprint density at radius 1 is 1.16 bits per heavy atom. The van der Waals surface area contributed by atoms with Crippen molar-refractivity contribution in [3.8, 4) is 5.75 Å². The zero-order valence-electron chi connectivity index (χ0n) is 11.1. The Bertz CT molecular complexity index is 563. The molecule has 0 aliphatic carbocycles. The van der Waals surface area contributed by atoms with Gasteiger partial charge in [0.1, 0.15) is 18.5 Å². The van der Waals surface area contributed by atoms with Gasteiger partial charge in [-0.3, -0.25) is 0 Å². The van der Waals surface area contributed by atoms with Gasteiger partial charge in [-0.25, -0.2) is 0 Å². The van der Waals surface area contributed by atoms with Crippen molar-refractivity contribution in [1.29, 1.82) is 0 Å². The minimum absolute atomic E-state index is 0.0467. The van der Waals surface area contributed by atoms with E-state index < -0.39 is 0 Å². The Labute approximate surface area is 114 Å². The van der Waals surface area contributed by atoms with E-state index in [4.69, 9.17) is 9.47 Å². The molecular formula is C17H18O2. The summed E-state index contributed by atoms with van der Waals surface area (Å²) in [5.41, 5.74) is 3.86. The second kappa shape index (κ2) is 5.45. The predicted molar refractivity (Wildman–Crippen MR) is 75.5 cm³/mol. The van der Waals surface area contributed by atoms with E-state index in [1.165, 1.54) is 16.7 Å². The average Bonchev–Trinajstić information content (AvgIpc) is 2.45. The van der Waals surface area contributed by atoms with Gasteiger partial charge in [0.2, 0.25) is 0 Å². The van der Waals surface area contributed by atoms with Gasteiger partial charge in [0.15, 0.2) is 0 Å². The molecule has 0 amide bonds. The molecule has 1 atom stereocenters. The fourth-order valence-electron chi connectivity index (χ4n) is 2.49. The van der Waals surface area contributed by atoms with Gasteiger partial charge in [0.25, 0.3) is 0 Å². The standard InChI is InChI=1S/C17H18O2/c1-13-5-4-7-15(11-13)19-12-17-16-8-3-2-6-14(16)9-10-18-17/h2-8,11,17H,9-10,12H2,1H3. The highest BCUT2D eigenvalue weighted by molar-refractivity contribution is 5.32. The largest absolute Gasteiger partial charge is 0.491 e. The first-order chi connectivity index (χ1) is 9.33. The Hall–Kier alpha value is -1.80. The molecule has 2 aromatic rings. The maximum atomic E-state index is 5.86. The molecule has 2 aromatic carbocycles. The van der Waals surface area contributed by atoms with Crippen LogP contribution in [0, 0.1) is 6.92 Å². The molecule has 1 heterocycles. The molecule has 19 heavy (non-hydrogen) atoms. The third-order valence-electron chi connectivity index (χ3n) is 3.48. The van der Waals surface area contributed by atoms with E-state index in [9.17, 15) is 0 Å². The van der Waals surface area contributed by atoms with Crippen LogP contribution in [0.2, 0.25) is 0 Å². The zero-order valence-corrected chi connectivity index (χ0v) is 11.1. The first kappa shape index (κ1) is 12.2. The molecule has 0 aromatic heterocycles. The summed E-state index contributed by atoms with van der Waals surface area (Å²) < 4.78 is 11.7. The summed E-state index contributed by atoms with van der Waals surface area (Å²) in [6.07, 6.45) is 1.04. The van der Waals surface area contributed by atoms with Crippen LogP contribution >= 0.6 is 0 Å². The molecule has 1 aliphatic heterocycles. The summed E-state index contributed by atoms with van der Waals surface area (Å²) >= 11 is 0. The van der Waals surface area contributed by atoms with Crippen molar-refractivity contribution in [2.24, 2.45) is 0 Å². The molecule has 2 heteroatoms. The molecule has 98 valence electrons. The van der Waals surface area contributed by atoms with Crippen LogP contribution in [0.4, 0.5) is 0 Å². The zero-order chi connectivity index (χ0) is 13.1. The van der Waals surface area contributed by atoms with E-state index in [2.05, 4.69) is 43.3 Å². The lowest BCUT2D eigenvalue weighted by molar-refractivity contribution is 0.0102. The summed E-state index contributed by atoms with van der Waals surface area (Å²) in [6.45, 7) is 3.42. The summed E-state index contributed by atoms with van der Waals surface area (Å²) in [5.74, 6) is 0.909. The van der Waals surface area contributed by atoms with Crippen molar-refractivity contribution in [2.45, 2.75) is 19.4 Å². The lowest BCUT2D eigenvalue weighted by Gasteiger charge is -2.26. The lowest BCUT2D eigenvalue weighted by Crippen LogP contribution is -2.21. The van der Waals surface area contributed by atoms with Crippen molar-refractivity contribution >= 4 is 0 Å². The number of hydrogen-bond acceptors (Lipinski definition) is 2. The average molecular weight is 254 g/mol. The highest BCUT2D eigenvalue weighted by Crippen LogP contribution is 2.27. The van der Waals surface area contributed by atoms with Gasteiger partial charge in [-0.15, -0.1) is 0 Å². The van der Waals surface area contributed by atoms with Crippen molar-refractivity contribution in [2.75, 3.05) is 13.2 Å².